The van der Waals surface area contributed by atoms with E-state index in [1.807, 2.05) is 31.2 Å². The number of hydrogen-bond donors (Lipinski definition) is 1. The highest BCUT2D eigenvalue weighted by Crippen LogP contribution is 2.15. The molecule has 0 aliphatic rings. The number of alkyl halides is 1. The molecule has 1 rings (SSSR count). The van der Waals surface area contributed by atoms with Crippen molar-refractivity contribution in [3.63, 3.8) is 0 Å². The molecule has 0 heterocycles. The van der Waals surface area contributed by atoms with E-state index in [0.29, 0.717) is 13.2 Å². The molecule has 1 N–H and O–H groups in total. The second-order valence-electron chi connectivity index (χ2n) is 3.45. The molecule has 0 fully saturated rings. The van der Waals surface area contributed by atoms with Gasteiger partial charge >= 0.3 is 0 Å². The van der Waals surface area contributed by atoms with Crippen LogP contribution in [0, 0.1) is 6.92 Å². The normalized spacial score (nSPS) is 9.88. The summed E-state index contributed by atoms with van der Waals surface area (Å²) in [6.45, 7) is 3.19. The van der Waals surface area contributed by atoms with Gasteiger partial charge in [-0.2, -0.15) is 0 Å². The number of nitrogens with one attached hydrogen (secondary N) is 1. The number of hydrogen-bond acceptors (Lipinski definition) is 2. The van der Waals surface area contributed by atoms with Crippen LogP contribution in [-0.2, 0) is 4.79 Å². The third-order valence-corrected chi connectivity index (χ3v) is 2.36. The van der Waals surface area contributed by atoms with E-state index in [0.717, 1.165) is 17.7 Å². The molecule has 1 aromatic carbocycles. The van der Waals surface area contributed by atoms with Crippen LogP contribution in [-0.4, -0.2) is 24.9 Å². The summed E-state index contributed by atoms with van der Waals surface area (Å²) in [6, 6.07) is 7.86. The van der Waals surface area contributed by atoms with Crippen molar-refractivity contribution >= 4 is 17.5 Å². The van der Waals surface area contributed by atoms with Crippen LogP contribution in [0.2, 0.25) is 0 Å². The Kier molecular flexibility index (Phi) is 5.72. The predicted octanol–water partition coefficient (Wildman–Crippen LogP) is 2.12. The number of rotatable bonds is 6. The van der Waals surface area contributed by atoms with Gasteiger partial charge in [-0.3, -0.25) is 4.79 Å². The van der Waals surface area contributed by atoms with Crippen molar-refractivity contribution in [3.8, 4) is 5.75 Å². The smallest absolute Gasteiger partial charge is 0.234 e. The second-order valence-corrected chi connectivity index (χ2v) is 3.72. The number of benzene rings is 1. The van der Waals surface area contributed by atoms with Gasteiger partial charge in [0.15, 0.2) is 0 Å². The third-order valence-electron chi connectivity index (χ3n) is 2.12. The molecule has 0 saturated carbocycles. The van der Waals surface area contributed by atoms with Gasteiger partial charge in [-0.15, -0.1) is 11.6 Å². The lowest BCUT2D eigenvalue weighted by molar-refractivity contribution is -0.118. The lowest BCUT2D eigenvalue weighted by Crippen LogP contribution is -2.26. The Morgan fingerprint density at radius 2 is 2.19 bits per heavy atom. The molecule has 0 aromatic heterocycles. The summed E-state index contributed by atoms with van der Waals surface area (Å²) < 4.78 is 5.57. The molecule has 0 aliphatic heterocycles. The minimum atomic E-state index is -0.141. The number of halogens is 1. The predicted molar refractivity (Wildman–Crippen MR) is 65.0 cm³/mol. The van der Waals surface area contributed by atoms with Gasteiger partial charge in [-0.25, -0.2) is 0 Å². The van der Waals surface area contributed by atoms with Crippen LogP contribution < -0.4 is 10.1 Å². The molecule has 1 amide bonds. The Labute approximate surface area is 101 Å². The van der Waals surface area contributed by atoms with E-state index in [1.54, 1.807) is 0 Å². The maximum atomic E-state index is 10.8. The summed E-state index contributed by atoms with van der Waals surface area (Å²) in [5, 5.41) is 2.68. The molecular weight excluding hydrogens is 226 g/mol. The first-order valence-electron chi connectivity index (χ1n) is 5.25. The molecule has 3 nitrogen and oxygen atoms in total. The van der Waals surface area contributed by atoms with Crippen LogP contribution >= 0.6 is 11.6 Å². The van der Waals surface area contributed by atoms with Crippen molar-refractivity contribution in [1.82, 2.24) is 5.32 Å². The Morgan fingerprint density at radius 3 is 2.88 bits per heavy atom. The maximum absolute atomic E-state index is 10.8. The number of carbonyl (C=O) groups is 1. The molecule has 0 aliphatic carbocycles. The Morgan fingerprint density at radius 1 is 1.44 bits per heavy atom. The summed E-state index contributed by atoms with van der Waals surface area (Å²) in [5.74, 6) is 0.766. The average molecular weight is 242 g/mol. The molecule has 0 saturated heterocycles. The lowest BCUT2D eigenvalue weighted by atomic mass is 10.2. The molecule has 16 heavy (non-hydrogen) atoms. The van der Waals surface area contributed by atoms with E-state index in [2.05, 4.69) is 5.32 Å². The highest BCUT2D eigenvalue weighted by atomic mass is 35.5. The Balaban J connectivity index is 2.17. The van der Waals surface area contributed by atoms with E-state index in [-0.39, 0.29) is 11.8 Å². The Hall–Kier alpha value is -1.22. The van der Waals surface area contributed by atoms with E-state index >= 15 is 0 Å². The fourth-order valence-electron chi connectivity index (χ4n) is 1.25. The first kappa shape index (κ1) is 12.8. The molecule has 1 aromatic rings. The lowest BCUT2D eigenvalue weighted by Gasteiger charge is -2.08. The molecular formula is C12H16ClNO2. The standard InChI is InChI=1S/C12H16ClNO2/c1-10-5-2-3-6-11(10)16-8-4-7-14-12(15)9-13/h2-3,5-6H,4,7-9H2,1H3,(H,14,15). The molecule has 88 valence electrons. The van der Waals surface area contributed by atoms with Crippen LogP contribution in [0.25, 0.3) is 0 Å². The average Bonchev–Trinajstić information content (AvgIpc) is 2.30. The highest BCUT2D eigenvalue weighted by molar-refractivity contribution is 6.27. The minimum Gasteiger partial charge on any atom is -0.493 e. The second kappa shape index (κ2) is 7.12. The summed E-state index contributed by atoms with van der Waals surface area (Å²) in [4.78, 5) is 10.8. The zero-order chi connectivity index (χ0) is 11.8. The van der Waals surface area contributed by atoms with Gasteiger partial charge < -0.3 is 10.1 Å². The fraction of sp³-hybridized carbons (Fsp3) is 0.417. The van der Waals surface area contributed by atoms with Gasteiger partial charge in [0.25, 0.3) is 0 Å². The van der Waals surface area contributed by atoms with Crippen molar-refractivity contribution < 1.29 is 9.53 Å². The zero-order valence-electron chi connectivity index (χ0n) is 9.33. The van der Waals surface area contributed by atoms with Crippen LogP contribution in [0.4, 0.5) is 0 Å². The van der Waals surface area contributed by atoms with E-state index in [9.17, 15) is 4.79 Å². The van der Waals surface area contributed by atoms with Crippen molar-refractivity contribution in [3.05, 3.63) is 29.8 Å². The van der Waals surface area contributed by atoms with Crippen molar-refractivity contribution in [1.29, 1.82) is 0 Å². The molecule has 4 heteroatoms. The van der Waals surface area contributed by atoms with Gasteiger partial charge in [0.1, 0.15) is 11.6 Å². The van der Waals surface area contributed by atoms with E-state index < -0.39 is 0 Å². The summed E-state index contributed by atoms with van der Waals surface area (Å²) >= 11 is 5.34. The molecule has 0 spiro atoms. The topological polar surface area (TPSA) is 38.3 Å². The largest absolute Gasteiger partial charge is 0.493 e. The van der Waals surface area contributed by atoms with Gasteiger partial charge in [-0.1, -0.05) is 18.2 Å². The maximum Gasteiger partial charge on any atom is 0.234 e. The summed E-state index contributed by atoms with van der Waals surface area (Å²) in [5.41, 5.74) is 1.12. The number of para-hydroxylation sites is 1. The van der Waals surface area contributed by atoms with Crippen molar-refractivity contribution in [2.45, 2.75) is 13.3 Å². The number of carbonyl (C=O) groups excluding carboxylic acids is 1. The van der Waals surface area contributed by atoms with Gasteiger partial charge in [0.05, 0.1) is 6.61 Å². The number of ether oxygens (including phenoxy) is 1. The van der Waals surface area contributed by atoms with Gasteiger partial charge in [0.2, 0.25) is 5.91 Å². The van der Waals surface area contributed by atoms with E-state index in [4.69, 9.17) is 16.3 Å². The zero-order valence-corrected chi connectivity index (χ0v) is 10.1. The monoisotopic (exact) mass is 241 g/mol. The van der Waals surface area contributed by atoms with Crippen LogP contribution in [0.3, 0.4) is 0 Å². The molecule has 0 radical (unpaired) electrons. The quantitative estimate of drug-likeness (QED) is 0.612. The van der Waals surface area contributed by atoms with Crippen LogP contribution in [0.1, 0.15) is 12.0 Å². The van der Waals surface area contributed by atoms with Crippen molar-refractivity contribution in [2.75, 3.05) is 19.0 Å². The van der Waals surface area contributed by atoms with Crippen molar-refractivity contribution in [2.24, 2.45) is 0 Å². The fourth-order valence-corrected chi connectivity index (χ4v) is 1.34. The Bertz CT molecular complexity index is 342. The molecule has 0 atom stereocenters. The molecule has 0 unspecified atom stereocenters. The first-order chi connectivity index (χ1) is 7.74. The summed E-state index contributed by atoms with van der Waals surface area (Å²) in [7, 11) is 0. The van der Waals surface area contributed by atoms with E-state index in [1.165, 1.54) is 0 Å². The number of aryl methyl sites for hydroxylation is 1. The van der Waals surface area contributed by atoms with Gasteiger partial charge in [0, 0.05) is 6.54 Å². The minimum absolute atomic E-state index is 0.0126. The summed E-state index contributed by atoms with van der Waals surface area (Å²) in [6.07, 6.45) is 0.775. The van der Waals surface area contributed by atoms with Crippen LogP contribution in [0.5, 0.6) is 5.75 Å². The number of amides is 1. The first-order valence-corrected chi connectivity index (χ1v) is 5.78. The van der Waals surface area contributed by atoms with Gasteiger partial charge in [-0.05, 0) is 25.0 Å². The SMILES string of the molecule is Cc1ccccc1OCCCNC(=O)CCl. The molecule has 0 bridgehead atoms. The highest BCUT2D eigenvalue weighted by Gasteiger charge is 1.98. The van der Waals surface area contributed by atoms with Crippen LogP contribution in [0.15, 0.2) is 24.3 Å². The third kappa shape index (κ3) is 4.53.